The fourth-order valence-electron chi connectivity index (χ4n) is 3.00. The minimum absolute atomic E-state index is 0.0758. The van der Waals surface area contributed by atoms with Crippen molar-refractivity contribution >= 4 is 16.8 Å². The van der Waals surface area contributed by atoms with Crippen molar-refractivity contribution in [2.45, 2.75) is 20.4 Å². The van der Waals surface area contributed by atoms with Gasteiger partial charge in [0.05, 0.1) is 11.1 Å². The number of carbonyl (C=O) groups excluding carboxylic acids is 1. The lowest BCUT2D eigenvalue weighted by Crippen LogP contribution is -2.23. The summed E-state index contributed by atoms with van der Waals surface area (Å²) in [6.07, 6.45) is 0. The van der Waals surface area contributed by atoms with E-state index in [9.17, 15) is 4.79 Å². The second-order valence-corrected chi connectivity index (χ2v) is 7.08. The van der Waals surface area contributed by atoms with E-state index in [2.05, 4.69) is 22.1 Å². The molecule has 2 aromatic carbocycles. The number of H-pyrrole nitrogens is 1. The van der Waals surface area contributed by atoms with Crippen LogP contribution in [0.2, 0.25) is 0 Å². The number of amides is 1. The Bertz CT molecular complexity index is 927. The minimum Gasteiger partial charge on any atom is -0.492 e. The molecule has 142 valence electrons. The van der Waals surface area contributed by atoms with E-state index in [0.29, 0.717) is 18.7 Å². The molecule has 0 saturated heterocycles. The first-order valence-corrected chi connectivity index (χ1v) is 9.18. The van der Waals surface area contributed by atoms with Crippen LogP contribution in [-0.4, -0.2) is 43.0 Å². The third kappa shape index (κ3) is 4.49. The number of rotatable bonds is 7. The van der Waals surface area contributed by atoms with Crippen molar-refractivity contribution in [2.24, 2.45) is 0 Å². The molecule has 3 rings (SSSR count). The summed E-state index contributed by atoms with van der Waals surface area (Å²) < 4.78 is 5.70. The molecular formula is C22H27N3O2. The van der Waals surface area contributed by atoms with Crippen LogP contribution < -0.4 is 10.1 Å². The van der Waals surface area contributed by atoms with Gasteiger partial charge in [-0.1, -0.05) is 24.3 Å². The van der Waals surface area contributed by atoms with Crippen molar-refractivity contribution in [2.75, 3.05) is 27.2 Å². The Balaban J connectivity index is 1.62. The number of likely N-dealkylation sites (N-methyl/N-ethyl adjacent to an activating group) is 1. The van der Waals surface area contributed by atoms with Gasteiger partial charge in [0.15, 0.2) is 0 Å². The van der Waals surface area contributed by atoms with Gasteiger partial charge >= 0.3 is 0 Å². The molecule has 27 heavy (non-hydrogen) atoms. The van der Waals surface area contributed by atoms with Crippen LogP contribution in [-0.2, 0) is 6.54 Å². The maximum absolute atomic E-state index is 12.7. The number of fused-ring (bicyclic) bond motifs is 1. The van der Waals surface area contributed by atoms with E-state index in [-0.39, 0.29) is 5.91 Å². The predicted octanol–water partition coefficient (Wildman–Crippen LogP) is 3.66. The summed E-state index contributed by atoms with van der Waals surface area (Å²) in [6, 6.07) is 13.7. The smallest absolute Gasteiger partial charge is 0.253 e. The molecular weight excluding hydrogens is 338 g/mol. The first-order valence-electron chi connectivity index (χ1n) is 9.18. The number of hydrogen-bond acceptors (Lipinski definition) is 3. The van der Waals surface area contributed by atoms with Crippen molar-refractivity contribution in [3.05, 3.63) is 64.8 Å². The molecule has 0 radical (unpaired) electrons. The SMILES string of the molecule is Cc1[nH]c2c(C(=O)NCc3ccc(OCCN(C)C)cc3)cccc2c1C. The molecule has 1 aromatic heterocycles. The number of ether oxygens (including phenoxy) is 1. The molecule has 0 atom stereocenters. The zero-order valence-corrected chi connectivity index (χ0v) is 16.4. The average Bonchev–Trinajstić information content (AvgIpc) is 2.95. The first kappa shape index (κ1) is 19.0. The molecule has 0 aliphatic rings. The van der Waals surface area contributed by atoms with Crippen LogP contribution in [0.15, 0.2) is 42.5 Å². The fourth-order valence-corrected chi connectivity index (χ4v) is 3.00. The lowest BCUT2D eigenvalue weighted by atomic mass is 10.1. The summed E-state index contributed by atoms with van der Waals surface area (Å²) in [7, 11) is 4.04. The van der Waals surface area contributed by atoms with Crippen molar-refractivity contribution < 1.29 is 9.53 Å². The van der Waals surface area contributed by atoms with Gasteiger partial charge in [-0.2, -0.15) is 0 Å². The Morgan fingerprint density at radius 1 is 1.11 bits per heavy atom. The van der Waals surface area contributed by atoms with Gasteiger partial charge in [0.25, 0.3) is 5.91 Å². The largest absolute Gasteiger partial charge is 0.492 e. The molecule has 0 saturated carbocycles. The predicted molar refractivity (Wildman–Crippen MR) is 109 cm³/mol. The molecule has 5 heteroatoms. The third-order valence-electron chi connectivity index (χ3n) is 4.77. The summed E-state index contributed by atoms with van der Waals surface area (Å²) in [5.41, 5.74) is 4.89. The van der Waals surface area contributed by atoms with Crippen molar-refractivity contribution in [3.63, 3.8) is 0 Å². The molecule has 5 nitrogen and oxygen atoms in total. The Hall–Kier alpha value is -2.79. The Kier molecular flexibility index (Phi) is 5.81. The van der Waals surface area contributed by atoms with E-state index in [4.69, 9.17) is 4.74 Å². The Morgan fingerprint density at radius 2 is 1.85 bits per heavy atom. The highest BCUT2D eigenvalue weighted by molar-refractivity contribution is 6.06. The molecule has 0 unspecified atom stereocenters. The van der Waals surface area contributed by atoms with Crippen LogP contribution in [0.1, 0.15) is 27.2 Å². The number of nitrogens with one attached hydrogen (secondary N) is 2. The van der Waals surface area contributed by atoms with Crippen LogP contribution in [0.4, 0.5) is 0 Å². The van der Waals surface area contributed by atoms with Gasteiger partial charge in [-0.05, 0) is 57.3 Å². The van der Waals surface area contributed by atoms with E-state index < -0.39 is 0 Å². The molecule has 1 amide bonds. The van der Waals surface area contributed by atoms with Crippen LogP contribution in [0, 0.1) is 13.8 Å². The highest BCUT2D eigenvalue weighted by atomic mass is 16.5. The van der Waals surface area contributed by atoms with Gasteiger partial charge in [-0.25, -0.2) is 0 Å². The van der Waals surface area contributed by atoms with E-state index in [0.717, 1.165) is 34.5 Å². The lowest BCUT2D eigenvalue weighted by Gasteiger charge is -2.11. The van der Waals surface area contributed by atoms with E-state index in [1.54, 1.807) is 0 Å². The molecule has 3 aromatic rings. The second kappa shape index (κ2) is 8.27. The molecule has 0 aliphatic heterocycles. The van der Waals surface area contributed by atoms with Gasteiger partial charge in [0.1, 0.15) is 12.4 Å². The van der Waals surface area contributed by atoms with Gasteiger partial charge < -0.3 is 19.9 Å². The standard InChI is InChI=1S/C22H27N3O2/c1-15-16(2)24-21-19(15)6-5-7-20(21)22(26)23-14-17-8-10-18(11-9-17)27-13-12-25(3)4/h5-11,24H,12-14H2,1-4H3,(H,23,26). The molecule has 0 aliphatic carbocycles. The zero-order chi connectivity index (χ0) is 19.4. The highest BCUT2D eigenvalue weighted by Gasteiger charge is 2.13. The first-order chi connectivity index (χ1) is 13.0. The van der Waals surface area contributed by atoms with E-state index in [1.165, 1.54) is 5.56 Å². The fraction of sp³-hybridized carbons (Fsp3) is 0.318. The van der Waals surface area contributed by atoms with Crippen LogP contribution in [0.5, 0.6) is 5.75 Å². The molecule has 1 heterocycles. The average molecular weight is 365 g/mol. The number of aromatic nitrogens is 1. The molecule has 0 spiro atoms. The van der Waals surface area contributed by atoms with E-state index >= 15 is 0 Å². The van der Waals surface area contributed by atoms with Crippen molar-refractivity contribution in [1.29, 1.82) is 0 Å². The normalized spacial score (nSPS) is 11.1. The molecule has 0 bridgehead atoms. The minimum atomic E-state index is -0.0758. The maximum Gasteiger partial charge on any atom is 0.253 e. The summed E-state index contributed by atoms with van der Waals surface area (Å²) in [5.74, 6) is 0.766. The van der Waals surface area contributed by atoms with E-state index in [1.807, 2.05) is 63.5 Å². The number of nitrogens with zero attached hydrogens (tertiary/aromatic N) is 1. The topological polar surface area (TPSA) is 57.4 Å². The zero-order valence-electron chi connectivity index (χ0n) is 16.4. The quantitative estimate of drug-likeness (QED) is 0.672. The van der Waals surface area contributed by atoms with Crippen molar-refractivity contribution in [3.8, 4) is 5.75 Å². The third-order valence-corrected chi connectivity index (χ3v) is 4.77. The number of para-hydroxylation sites is 1. The Morgan fingerprint density at radius 3 is 2.56 bits per heavy atom. The number of benzene rings is 2. The molecule has 2 N–H and O–H groups in total. The summed E-state index contributed by atoms with van der Waals surface area (Å²) in [4.78, 5) is 18.1. The van der Waals surface area contributed by atoms with Gasteiger partial charge in [-0.3, -0.25) is 4.79 Å². The van der Waals surface area contributed by atoms with Crippen molar-refractivity contribution in [1.82, 2.24) is 15.2 Å². The second-order valence-electron chi connectivity index (χ2n) is 7.08. The summed E-state index contributed by atoms with van der Waals surface area (Å²) >= 11 is 0. The molecule has 0 fully saturated rings. The monoisotopic (exact) mass is 365 g/mol. The van der Waals surface area contributed by atoms with Crippen LogP contribution >= 0.6 is 0 Å². The summed E-state index contributed by atoms with van der Waals surface area (Å²) in [6.45, 7) is 6.10. The maximum atomic E-state index is 12.7. The van der Waals surface area contributed by atoms with Crippen LogP contribution in [0.25, 0.3) is 10.9 Å². The van der Waals surface area contributed by atoms with Gasteiger partial charge in [-0.15, -0.1) is 0 Å². The van der Waals surface area contributed by atoms with Gasteiger partial charge in [0, 0.05) is 24.2 Å². The number of carbonyl (C=O) groups is 1. The number of aryl methyl sites for hydroxylation is 2. The highest BCUT2D eigenvalue weighted by Crippen LogP contribution is 2.24. The summed E-state index contributed by atoms with van der Waals surface area (Å²) in [5, 5.41) is 4.10. The van der Waals surface area contributed by atoms with Crippen LogP contribution in [0.3, 0.4) is 0 Å². The number of aromatic amines is 1. The lowest BCUT2D eigenvalue weighted by molar-refractivity contribution is 0.0952. The van der Waals surface area contributed by atoms with Gasteiger partial charge in [0.2, 0.25) is 0 Å². The Labute approximate surface area is 160 Å². The number of hydrogen-bond donors (Lipinski definition) is 2.